The van der Waals surface area contributed by atoms with Crippen LogP contribution in [0.5, 0.6) is 0 Å². The highest BCUT2D eigenvalue weighted by molar-refractivity contribution is 8.01. The van der Waals surface area contributed by atoms with E-state index < -0.39 is 5.97 Å². The van der Waals surface area contributed by atoms with Crippen molar-refractivity contribution in [1.82, 2.24) is 15.5 Å². The first kappa shape index (κ1) is 22.8. The molecule has 0 saturated carbocycles. The molecule has 156 valence electrons. The van der Waals surface area contributed by atoms with Crippen molar-refractivity contribution in [3.8, 4) is 0 Å². The number of carbonyl (C=O) groups is 3. The van der Waals surface area contributed by atoms with Gasteiger partial charge in [-0.05, 0) is 30.0 Å². The first-order valence-electron chi connectivity index (χ1n) is 8.99. The zero-order valence-corrected chi connectivity index (χ0v) is 18.4. The molecule has 0 aliphatic rings. The highest BCUT2D eigenvalue weighted by atomic mass is 32.2. The number of nitrogens with one attached hydrogen (secondary N) is 2. The van der Waals surface area contributed by atoms with Crippen molar-refractivity contribution in [2.24, 2.45) is 0 Å². The first-order chi connectivity index (χ1) is 13.7. The average molecular weight is 437 g/mol. The zero-order chi connectivity index (χ0) is 21.4. The monoisotopic (exact) mass is 436 g/mol. The maximum atomic E-state index is 12.4. The molecule has 0 bridgehead atoms. The molecule has 0 aliphatic heterocycles. The van der Waals surface area contributed by atoms with E-state index in [-0.39, 0.29) is 36.1 Å². The number of esters is 1. The summed E-state index contributed by atoms with van der Waals surface area (Å²) in [4.78, 5) is 35.3. The lowest BCUT2D eigenvalue weighted by atomic mass is 9.87. The molecule has 0 radical (unpaired) electrons. The van der Waals surface area contributed by atoms with E-state index in [9.17, 15) is 14.4 Å². The fourth-order valence-corrected chi connectivity index (χ4v) is 3.75. The highest BCUT2D eigenvalue weighted by Crippen LogP contribution is 2.26. The fourth-order valence-electron chi connectivity index (χ4n) is 2.17. The average Bonchev–Trinajstić information content (AvgIpc) is 3.11. The number of nitrogens with zero attached hydrogens (tertiary/aromatic N) is 2. The molecule has 2 aromatic rings. The number of rotatable bonds is 8. The number of ether oxygens (including phenoxy) is 1. The Kier molecular flexibility index (Phi) is 8.15. The minimum Gasteiger partial charge on any atom is -0.465 e. The summed E-state index contributed by atoms with van der Waals surface area (Å²) < 4.78 is 5.27. The van der Waals surface area contributed by atoms with Crippen molar-refractivity contribution in [1.29, 1.82) is 0 Å². The van der Waals surface area contributed by atoms with Crippen LogP contribution in [0.15, 0.2) is 28.6 Å². The Balaban J connectivity index is 1.83. The minimum absolute atomic E-state index is 0.0168. The van der Waals surface area contributed by atoms with E-state index in [1.165, 1.54) is 23.1 Å². The maximum absolute atomic E-state index is 12.4. The van der Waals surface area contributed by atoms with Crippen LogP contribution in [-0.2, 0) is 19.7 Å². The number of aromatic nitrogens is 2. The fraction of sp³-hybridized carbons (Fsp3) is 0.421. The van der Waals surface area contributed by atoms with Crippen LogP contribution in [0.3, 0.4) is 0 Å². The van der Waals surface area contributed by atoms with Gasteiger partial charge in [0.05, 0.1) is 12.4 Å². The van der Waals surface area contributed by atoms with Crippen LogP contribution >= 0.6 is 23.1 Å². The molecule has 0 unspecified atom stereocenters. The summed E-state index contributed by atoms with van der Waals surface area (Å²) in [7, 11) is 0. The SMILES string of the molecule is CCOC(=O)CNC(=O)CSc1nnc(NC(=O)c2ccc(C(C)(C)C)cc2)s1. The number of carbonyl (C=O) groups excluding carboxylic acids is 3. The number of thioether (sulfide) groups is 1. The van der Waals surface area contributed by atoms with Crippen molar-refractivity contribution in [3.05, 3.63) is 35.4 Å². The molecule has 1 heterocycles. The van der Waals surface area contributed by atoms with Crippen molar-refractivity contribution in [2.75, 3.05) is 24.2 Å². The molecule has 0 atom stereocenters. The van der Waals surface area contributed by atoms with Crippen molar-refractivity contribution < 1.29 is 19.1 Å². The summed E-state index contributed by atoms with van der Waals surface area (Å²) in [5, 5.41) is 13.4. The van der Waals surface area contributed by atoms with Gasteiger partial charge >= 0.3 is 5.97 Å². The minimum atomic E-state index is -0.484. The van der Waals surface area contributed by atoms with Crippen LogP contribution < -0.4 is 10.6 Å². The summed E-state index contributed by atoms with van der Waals surface area (Å²) in [6.07, 6.45) is 0. The summed E-state index contributed by atoms with van der Waals surface area (Å²) in [6.45, 7) is 8.13. The molecule has 0 fully saturated rings. The van der Waals surface area contributed by atoms with Crippen LogP contribution in [0.1, 0.15) is 43.6 Å². The normalized spacial score (nSPS) is 11.0. The van der Waals surface area contributed by atoms with Crippen molar-refractivity contribution in [2.45, 2.75) is 37.4 Å². The summed E-state index contributed by atoms with van der Waals surface area (Å²) in [5.74, 6) is -0.994. The lowest BCUT2D eigenvalue weighted by molar-refractivity contribution is -0.143. The zero-order valence-electron chi connectivity index (χ0n) is 16.8. The quantitative estimate of drug-likeness (QED) is 0.372. The Labute approximate surface area is 177 Å². The molecule has 2 N–H and O–H groups in total. The maximum Gasteiger partial charge on any atom is 0.325 e. The van der Waals surface area contributed by atoms with E-state index in [0.29, 0.717) is 15.0 Å². The second-order valence-electron chi connectivity index (χ2n) is 7.03. The van der Waals surface area contributed by atoms with Gasteiger partial charge in [-0.25, -0.2) is 0 Å². The number of amides is 2. The number of benzene rings is 1. The largest absolute Gasteiger partial charge is 0.465 e. The summed E-state index contributed by atoms with van der Waals surface area (Å²) in [6, 6.07) is 7.43. The Hall–Kier alpha value is -2.46. The molecular weight excluding hydrogens is 412 g/mol. The Morgan fingerprint density at radius 1 is 1.14 bits per heavy atom. The van der Waals surface area contributed by atoms with E-state index in [0.717, 1.165) is 5.56 Å². The van der Waals surface area contributed by atoms with Crippen LogP contribution in [0.4, 0.5) is 5.13 Å². The van der Waals surface area contributed by atoms with Gasteiger partial charge in [0.1, 0.15) is 6.54 Å². The second-order valence-corrected chi connectivity index (χ2v) is 9.23. The molecule has 0 spiro atoms. The summed E-state index contributed by atoms with van der Waals surface area (Å²) in [5.41, 5.74) is 1.69. The molecule has 8 nitrogen and oxygen atoms in total. The van der Waals surface area contributed by atoms with E-state index in [1.807, 2.05) is 12.1 Å². The summed E-state index contributed by atoms with van der Waals surface area (Å²) >= 11 is 2.35. The smallest absolute Gasteiger partial charge is 0.325 e. The predicted molar refractivity (Wildman–Crippen MR) is 113 cm³/mol. The Bertz CT molecular complexity index is 860. The third-order valence-electron chi connectivity index (χ3n) is 3.70. The van der Waals surface area contributed by atoms with Gasteiger partial charge in [0.15, 0.2) is 4.34 Å². The predicted octanol–water partition coefficient (Wildman–Crippen LogP) is 2.86. The molecule has 1 aromatic heterocycles. The van der Waals surface area contributed by atoms with Crippen LogP contribution in [0, 0.1) is 0 Å². The van der Waals surface area contributed by atoms with Crippen LogP contribution in [-0.4, -0.2) is 46.9 Å². The molecule has 0 saturated heterocycles. The molecule has 10 heteroatoms. The molecule has 2 amide bonds. The lowest BCUT2D eigenvalue weighted by Gasteiger charge is -2.18. The van der Waals surface area contributed by atoms with Crippen molar-refractivity contribution in [3.63, 3.8) is 0 Å². The van der Waals surface area contributed by atoms with Gasteiger partial charge in [0.25, 0.3) is 5.91 Å². The molecule has 29 heavy (non-hydrogen) atoms. The second kappa shape index (κ2) is 10.4. The molecule has 1 aromatic carbocycles. The van der Waals surface area contributed by atoms with Gasteiger partial charge in [-0.15, -0.1) is 10.2 Å². The van der Waals surface area contributed by atoms with Gasteiger partial charge in [-0.1, -0.05) is 56.0 Å². The van der Waals surface area contributed by atoms with Gasteiger partial charge in [0, 0.05) is 5.56 Å². The van der Waals surface area contributed by atoms with Gasteiger partial charge in [-0.3, -0.25) is 19.7 Å². The van der Waals surface area contributed by atoms with Gasteiger partial charge in [-0.2, -0.15) is 0 Å². The van der Waals surface area contributed by atoms with E-state index in [2.05, 4.69) is 41.6 Å². The first-order valence-corrected chi connectivity index (χ1v) is 10.8. The number of hydrogen-bond acceptors (Lipinski definition) is 8. The highest BCUT2D eigenvalue weighted by Gasteiger charge is 2.16. The Morgan fingerprint density at radius 2 is 1.83 bits per heavy atom. The number of anilines is 1. The molecular formula is C19H24N4O4S2. The van der Waals surface area contributed by atoms with Gasteiger partial charge < -0.3 is 10.1 Å². The Morgan fingerprint density at radius 3 is 2.45 bits per heavy atom. The molecule has 2 rings (SSSR count). The van der Waals surface area contributed by atoms with E-state index >= 15 is 0 Å². The molecule has 0 aliphatic carbocycles. The van der Waals surface area contributed by atoms with E-state index in [1.54, 1.807) is 19.1 Å². The number of hydrogen-bond donors (Lipinski definition) is 2. The third kappa shape index (κ3) is 7.47. The lowest BCUT2D eigenvalue weighted by Crippen LogP contribution is -2.31. The topological polar surface area (TPSA) is 110 Å². The van der Waals surface area contributed by atoms with Crippen LogP contribution in [0.2, 0.25) is 0 Å². The van der Waals surface area contributed by atoms with Crippen LogP contribution in [0.25, 0.3) is 0 Å². The van der Waals surface area contributed by atoms with Crippen molar-refractivity contribution >= 4 is 46.0 Å². The third-order valence-corrected chi connectivity index (χ3v) is 5.67. The standard InChI is InChI=1S/C19H24N4O4S2/c1-5-27-15(25)10-20-14(24)11-28-18-23-22-17(29-18)21-16(26)12-6-8-13(9-7-12)19(2,3)4/h6-9H,5,10-11H2,1-4H3,(H,20,24)(H,21,22,26). The van der Waals surface area contributed by atoms with E-state index in [4.69, 9.17) is 4.74 Å². The van der Waals surface area contributed by atoms with Gasteiger partial charge in [0.2, 0.25) is 11.0 Å².